The first-order valence-electron chi connectivity index (χ1n) is 25.3. The number of aromatic carboxylic acids is 1. The molecule has 0 aromatic heterocycles. The fourth-order valence-electron chi connectivity index (χ4n) is 15.9. The van der Waals surface area contributed by atoms with Crippen LogP contribution in [0.5, 0.6) is 0 Å². The maximum atomic E-state index is 14.0. The number of hydrogen-bond acceptors (Lipinski definition) is 4. The fraction of sp³-hybridized carbons (Fsp3) is 0.656. The number of nitrogens with zero attached hydrogens (tertiary/aromatic N) is 2. The third kappa shape index (κ3) is 5.03. The molecule has 0 radical (unpaired) electrons. The van der Waals surface area contributed by atoms with Crippen LogP contribution >= 0.6 is 0 Å². The highest BCUT2D eigenvalue weighted by Crippen LogP contribution is 2.70. The third-order valence-electron chi connectivity index (χ3n) is 24.0. The Kier molecular flexibility index (Phi) is 9.66. The highest BCUT2D eigenvalue weighted by atomic mass is 16.5. The largest absolute Gasteiger partial charge is 0.478 e. The predicted octanol–water partition coefficient (Wildman–Crippen LogP) is 12.6. The van der Waals surface area contributed by atoms with Crippen molar-refractivity contribution in [2.75, 3.05) is 12.0 Å². The van der Waals surface area contributed by atoms with E-state index in [1.165, 1.54) is 62.7 Å². The van der Waals surface area contributed by atoms with E-state index in [1.807, 2.05) is 6.07 Å². The molecule has 0 amide bonds. The zero-order valence-electron chi connectivity index (χ0n) is 47.0. The van der Waals surface area contributed by atoms with Crippen LogP contribution in [0.1, 0.15) is 243 Å². The van der Waals surface area contributed by atoms with Crippen LogP contribution in [0.3, 0.4) is 0 Å². The molecule has 0 unspecified atom stereocenters. The number of esters is 1. The van der Waals surface area contributed by atoms with Crippen LogP contribution in [-0.4, -0.2) is 46.3 Å². The first kappa shape index (κ1) is 49.5. The minimum Gasteiger partial charge on any atom is -0.478 e. The number of rotatable bonds is 3. The molecule has 0 spiro atoms. The Labute approximate surface area is 405 Å². The molecule has 0 fully saturated rings. The van der Waals surface area contributed by atoms with Crippen LogP contribution in [0.2, 0.25) is 0 Å². The SMILES string of the molecule is COC(=O)c1ccc(C2=c3c(C)c4c5c(c3Cc3c2c(C)c2c6c3C(C)(C)C(C)(C)C(C)(C)N6C(C)(C)C(C)(C)C2(C)C)C(C)(C)C(C)(C)C(C)(C)[N+]=5C(C)(C)C(C)(C)C4(C)C)c(C(=O)O)c1. The summed E-state index contributed by atoms with van der Waals surface area (Å²) in [6.07, 6.45) is 0.722. The number of benzene rings is 3. The van der Waals surface area contributed by atoms with Crippen LogP contribution in [0.15, 0.2) is 18.2 Å². The highest BCUT2D eigenvalue weighted by molar-refractivity contribution is 6.02. The second kappa shape index (κ2) is 13.1. The third-order valence-corrected chi connectivity index (χ3v) is 24.0. The number of methoxy groups -OCH3 is 1. The number of anilines is 1. The molecular weight excluding hydrogens is 825 g/mol. The summed E-state index contributed by atoms with van der Waals surface area (Å²) >= 11 is 0. The van der Waals surface area contributed by atoms with Crippen molar-refractivity contribution in [2.24, 2.45) is 21.7 Å². The summed E-state index contributed by atoms with van der Waals surface area (Å²) in [6.45, 7) is 64.2. The van der Waals surface area contributed by atoms with E-state index in [2.05, 4.69) is 189 Å². The van der Waals surface area contributed by atoms with Crippen molar-refractivity contribution in [2.45, 2.75) is 230 Å². The Bertz CT molecular complexity index is 2920. The van der Waals surface area contributed by atoms with E-state index in [4.69, 9.17) is 4.74 Å². The molecule has 3 aromatic carbocycles. The van der Waals surface area contributed by atoms with E-state index < -0.39 is 11.9 Å². The van der Waals surface area contributed by atoms with Gasteiger partial charge in [0.1, 0.15) is 0 Å². The van der Waals surface area contributed by atoms with E-state index in [9.17, 15) is 14.7 Å². The van der Waals surface area contributed by atoms with Crippen molar-refractivity contribution in [3.05, 3.63) is 95.5 Å². The van der Waals surface area contributed by atoms with Crippen LogP contribution in [0, 0.1) is 35.5 Å². The molecule has 6 heteroatoms. The van der Waals surface area contributed by atoms with Gasteiger partial charge >= 0.3 is 11.9 Å². The number of carbonyl (C=O) groups excluding carboxylic acids is 1. The Hall–Kier alpha value is -3.93. The van der Waals surface area contributed by atoms with Crippen molar-refractivity contribution >= 4 is 23.2 Å². The summed E-state index contributed by atoms with van der Waals surface area (Å²) in [5, 5.41) is 14.0. The monoisotopic (exact) mass is 912 g/mol. The Morgan fingerprint density at radius 1 is 0.582 bits per heavy atom. The van der Waals surface area contributed by atoms with Crippen molar-refractivity contribution in [3.63, 3.8) is 0 Å². The lowest BCUT2D eigenvalue weighted by molar-refractivity contribution is -0.0626. The maximum absolute atomic E-state index is 14.0. The lowest BCUT2D eigenvalue weighted by atomic mass is 9.44. The normalized spacial score (nSPS) is 25.5. The average molecular weight is 912 g/mol. The van der Waals surface area contributed by atoms with Gasteiger partial charge in [-0.1, -0.05) is 117 Å². The molecule has 4 heterocycles. The first-order valence-corrected chi connectivity index (χ1v) is 25.3. The molecule has 1 N–H and O–H groups in total. The number of hydrogen-bond donors (Lipinski definition) is 1. The molecule has 4 aliphatic heterocycles. The fourth-order valence-corrected chi connectivity index (χ4v) is 15.9. The zero-order chi connectivity index (χ0) is 51.1. The van der Waals surface area contributed by atoms with E-state index >= 15 is 0 Å². The van der Waals surface area contributed by atoms with Crippen LogP contribution in [0.4, 0.5) is 5.69 Å². The Balaban J connectivity index is 1.80. The standard InChI is InChI=1S/C61H86N2O4/c1-32-39-37(44-46-42(32)50(3,4)54(11,12)58(19,20)62(46)60(23,24)56(15,16)52(44,7)8)31-38-40(41(39)35-29-28-34(49(66)67-27)30-36(35)48(64)65)33(2)43-47-45(38)53(9,10)57(17,18)61(25,26)63(47)59(21,22)55(13,14)51(43,5)6/h28-30H,31H2,1-27H3/p+1. The lowest BCUT2D eigenvalue weighted by Gasteiger charge is -2.73. The molecule has 0 saturated heterocycles. The molecule has 8 rings (SSSR count). The van der Waals surface area contributed by atoms with Gasteiger partial charge in [-0.15, -0.1) is 0 Å². The first-order chi connectivity index (χ1) is 29.9. The second-order valence-corrected chi connectivity index (χ2v) is 28.2. The molecule has 67 heavy (non-hydrogen) atoms. The van der Waals surface area contributed by atoms with Gasteiger partial charge in [0.25, 0.3) is 0 Å². The van der Waals surface area contributed by atoms with E-state index in [0.717, 1.165) is 22.8 Å². The summed E-state index contributed by atoms with van der Waals surface area (Å²) in [7, 11) is 1.35. The van der Waals surface area contributed by atoms with Gasteiger partial charge in [-0.2, -0.15) is 0 Å². The molecule has 6 nitrogen and oxygen atoms in total. The van der Waals surface area contributed by atoms with Crippen LogP contribution < -0.4 is 20.1 Å². The quantitative estimate of drug-likeness (QED) is 0.164. The number of carboxylic acid groups (broad SMARTS) is 1. The zero-order valence-corrected chi connectivity index (χ0v) is 47.0. The van der Waals surface area contributed by atoms with Gasteiger partial charge in [0.2, 0.25) is 5.36 Å². The molecular formula is C61H87N2O4+. The predicted molar refractivity (Wildman–Crippen MR) is 278 cm³/mol. The van der Waals surface area contributed by atoms with Crippen LogP contribution in [0.25, 0.3) is 5.57 Å². The van der Waals surface area contributed by atoms with Crippen molar-refractivity contribution in [1.82, 2.24) is 4.58 Å². The maximum Gasteiger partial charge on any atom is 0.337 e. The van der Waals surface area contributed by atoms with Gasteiger partial charge in [-0.05, 0) is 137 Å². The van der Waals surface area contributed by atoms with Crippen LogP contribution in [-0.2, 0) is 32.8 Å². The number of ether oxygens (including phenoxy) is 1. The van der Waals surface area contributed by atoms with E-state index in [1.54, 1.807) is 12.1 Å². The van der Waals surface area contributed by atoms with E-state index in [0.29, 0.717) is 5.56 Å². The van der Waals surface area contributed by atoms with Gasteiger partial charge in [-0.25, -0.2) is 14.2 Å². The smallest absolute Gasteiger partial charge is 0.337 e. The lowest BCUT2D eigenvalue weighted by Crippen LogP contribution is -2.79. The molecule has 364 valence electrons. The topological polar surface area (TPSA) is 69.8 Å². The number of carboxylic acids is 1. The Morgan fingerprint density at radius 2 is 1.03 bits per heavy atom. The average Bonchev–Trinajstić information content (AvgIpc) is 3.16. The molecule has 3 aromatic rings. The van der Waals surface area contributed by atoms with Gasteiger partial charge < -0.3 is 14.7 Å². The van der Waals surface area contributed by atoms with Gasteiger partial charge in [-0.3, -0.25) is 0 Å². The molecule has 0 atom stereocenters. The summed E-state index contributed by atoms with van der Waals surface area (Å²) in [5.41, 5.74) is 12.0. The van der Waals surface area contributed by atoms with Crippen molar-refractivity contribution in [1.29, 1.82) is 0 Å². The summed E-state index contributed by atoms with van der Waals surface area (Å²) in [6, 6.07) is 5.26. The number of carbonyl (C=O) groups is 2. The molecule has 1 aliphatic carbocycles. The Morgan fingerprint density at radius 3 is 1.49 bits per heavy atom. The highest BCUT2D eigenvalue weighted by Gasteiger charge is 2.71. The van der Waals surface area contributed by atoms with E-state index in [-0.39, 0.29) is 76.6 Å². The van der Waals surface area contributed by atoms with Crippen molar-refractivity contribution in [3.8, 4) is 0 Å². The van der Waals surface area contributed by atoms with Gasteiger partial charge in [0.15, 0.2) is 11.1 Å². The van der Waals surface area contributed by atoms with Gasteiger partial charge in [0.05, 0.1) is 18.2 Å². The summed E-state index contributed by atoms with van der Waals surface area (Å²) < 4.78 is 8.07. The summed E-state index contributed by atoms with van der Waals surface area (Å²) in [5.74, 6) is -1.62. The molecule has 5 aliphatic rings. The van der Waals surface area contributed by atoms with Gasteiger partial charge in [0, 0.05) is 77.2 Å². The minimum absolute atomic E-state index is 0.111. The molecule has 0 bridgehead atoms. The second-order valence-electron chi connectivity index (χ2n) is 28.2. The summed E-state index contributed by atoms with van der Waals surface area (Å²) in [4.78, 5) is 30.1. The minimum atomic E-state index is -1.06. The number of fused-ring (bicyclic) bond motifs is 4. The van der Waals surface area contributed by atoms with Crippen molar-refractivity contribution < 1.29 is 19.4 Å². The molecule has 0 saturated carbocycles.